The molecule has 0 saturated heterocycles. The molecule has 1 aliphatic carbocycles. The Hall–Kier alpha value is -1.06. The maximum absolute atomic E-state index is 6.20. The van der Waals surface area contributed by atoms with Crippen molar-refractivity contribution in [1.82, 2.24) is 0 Å². The van der Waals surface area contributed by atoms with Gasteiger partial charge in [0.25, 0.3) is 0 Å². The second kappa shape index (κ2) is 6.40. The van der Waals surface area contributed by atoms with Crippen molar-refractivity contribution in [1.29, 1.82) is 0 Å². The average molecular weight is 263 g/mol. The fourth-order valence-electron chi connectivity index (χ4n) is 2.99. The van der Waals surface area contributed by atoms with E-state index in [1.54, 1.807) is 7.11 Å². The van der Waals surface area contributed by atoms with Crippen LogP contribution in [0.25, 0.3) is 0 Å². The van der Waals surface area contributed by atoms with Crippen LogP contribution in [0.2, 0.25) is 0 Å². The third kappa shape index (κ3) is 3.71. The van der Waals surface area contributed by atoms with Crippen LogP contribution in [0.3, 0.4) is 0 Å². The van der Waals surface area contributed by atoms with Gasteiger partial charge in [0.2, 0.25) is 0 Å². The van der Waals surface area contributed by atoms with Gasteiger partial charge in [-0.3, -0.25) is 0 Å². The van der Waals surface area contributed by atoms with E-state index in [4.69, 9.17) is 15.2 Å². The summed E-state index contributed by atoms with van der Waals surface area (Å²) in [7, 11) is 1.68. The molecule has 1 aromatic carbocycles. The first-order valence-electron chi connectivity index (χ1n) is 7.14. The van der Waals surface area contributed by atoms with Gasteiger partial charge in [0.1, 0.15) is 5.75 Å². The van der Waals surface area contributed by atoms with E-state index in [9.17, 15) is 0 Å². The van der Waals surface area contributed by atoms with E-state index >= 15 is 0 Å². The van der Waals surface area contributed by atoms with Crippen molar-refractivity contribution in [2.45, 2.75) is 44.8 Å². The maximum Gasteiger partial charge on any atom is 0.119 e. The molecule has 1 saturated carbocycles. The normalized spacial score (nSPS) is 27.2. The van der Waals surface area contributed by atoms with Crippen molar-refractivity contribution in [2.75, 3.05) is 13.7 Å². The van der Waals surface area contributed by atoms with Crippen LogP contribution in [0.15, 0.2) is 24.3 Å². The zero-order chi connectivity index (χ0) is 13.7. The first-order valence-corrected chi connectivity index (χ1v) is 7.14. The highest BCUT2D eigenvalue weighted by Crippen LogP contribution is 2.35. The van der Waals surface area contributed by atoms with Crippen LogP contribution in [-0.4, -0.2) is 19.3 Å². The van der Waals surface area contributed by atoms with Crippen LogP contribution in [0, 0.1) is 5.92 Å². The van der Waals surface area contributed by atoms with Crippen molar-refractivity contribution in [3.05, 3.63) is 29.8 Å². The standard InChI is InChI=1S/C16H25NO2/c1-13-5-4-8-16(10-13,12-17)19-11-14-6-3-7-15(9-14)18-2/h3,6-7,9,13H,4-5,8,10-12,17H2,1-2H3. The first kappa shape index (κ1) is 14.4. The zero-order valence-electron chi connectivity index (χ0n) is 12.0. The molecule has 0 spiro atoms. The summed E-state index contributed by atoms with van der Waals surface area (Å²) in [5.41, 5.74) is 6.99. The Balaban J connectivity index is 1.98. The van der Waals surface area contributed by atoms with Gasteiger partial charge >= 0.3 is 0 Å². The minimum Gasteiger partial charge on any atom is -0.497 e. The summed E-state index contributed by atoms with van der Waals surface area (Å²) in [6, 6.07) is 8.04. The number of rotatable bonds is 5. The summed E-state index contributed by atoms with van der Waals surface area (Å²) in [4.78, 5) is 0. The van der Waals surface area contributed by atoms with Gasteiger partial charge in [0.15, 0.2) is 0 Å². The molecule has 1 aromatic rings. The molecule has 0 bridgehead atoms. The highest BCUT2D eigenvalue weighted by Gasteiger charge is 2.34. The summed E-state index contributed by atoms with van der Waals surface area (Å²) >= 11 is 0. The van der Waals surface area contributed by atoms with Gasteiger partial charge < -0.3 is 15.2 Å². The van der Waals surface area contributed by atoms with Gasteiger partial charge in [-0.2, -0.15) is 0 Å². The lowest BCUT2D eigenvalue weighted by molar-refractivity contribution is -0.0840. The molecule has 0 aromatic heterocycles. The number of hydrogen-bond acceptors (Lipinski definition) is 3. The predicted molar refractivity (Wildman–Crippen MR) is 77.2 cm³/mol. The van der Waals surface area contributed by atoms with E-state index in [1.165, 1.54) is 12.8 Å². The molecule has 106 valence electrons. The third-order valence-electron chi connectivity index (χ3n) is 4.10. The number of nitrogens with two attached hydrogens (primary N) is 1. The Morgan fingerprint density at radius 2 is 2.26 bits per heavy atom. The van der Waals surface area contributed by atoms with Crippen molar-refractivity contribution in [3.63, 3.8) is 0 Å². The van der Waals surface area contributed by atoms with Gasteiger partial charge in [-0.15, -0.1) is 0 Å². The smallest absolute Gasteiger partial charge is 0.119 e. The lowest BCUT2D eigenvalue weighted by Gasteiger charge is -2.39. The van der Waals surface area contributed by atoms with E-state index in [2.05, 4.69) is 13.0 Å². The Morgan fingerprint density at radius 1 is 1.42 bits per heavy atom. The lowest BCUT2D eigenvalue weighted by Crippen LogP contribution is -2.44. The minimum atomic E-state index is -0.124. The molecule has 0 amide bonds. The van der Waals surface area contributed by atoms with E-state index in [-0.39, 0.29) is 5.60 Å². The van der Waals surface area contributed by atoms with E-state index in [0.29, 0.717) is 19.1 Å². The van der Waals surface area contributed by atoms with Crippen LogP contribution in [0.4, 0.5) is 0 Å². The molecule has 2 N–H and O–H groups in total. The van der Waals surface area contributed by atoms with Crippen LogP contribution in [0.5, 0.6) is 5.75 Å². The van der Waals surface area contributed by atoms with Crippen LogP contribution in [-0.2, 0) is 11.3 Å². The number of ether oxygens (including phenoxy) is 2. The molecule has 0 radical (unpaired) electrons. The second-order valence-corrected chi connectivity index (χ2v) is 5.73. The first-order chi connectivity index (χ1) is 9.17. The highest BCUT2D eigenvalue weighted by atomic mass is 16.5. The van der Waals surface area contributed by atoms with E-state index < -0.39 is 0 Å². The molecule has 3 heteroatoms. The molecular weight excluding hydrogens is 238 g/mol. The van der Waals surface area contributed by atoms with E-state index in [0.717, 1.165) is 24.2 Å². The Morgan fingerprint density at radius 3 is 2.95 bits per heavy atom. The van der Waals surface area contributed by atoms with Gasteiger partial charge in [-0.05, 0) is 36.5 Å². The third-order valence-corrected chi connectivity index (χ3v) is 4.10. The van der Waals surface area contributed by atoms with Gasteiger partial charge in [0.05, 0.1) is 19.3 Å². The largest absolute Gasteiger partial charge is 0.497 e. The molecule has 1 fully saturated rings. The van der Waals surface area contributed by atoms with Crippen LogP contribution in [0.1, 0.15) is 38.2 Å². The molecule has 2 atom stereocenters. The van der Waals surface area contributed by atoms with Crippen molar-refractivity contribution in [2.24, 2.45) is 11.7 Å². The summed E-state index contributed by atoms with van der Waals surface area (Å²) in [6.07, 6.45) is 4.67. The quantitative estimate of drug-likeness (QED) is 0.887. The van der Waals surface area contributed by atoms with Gasteiger partial charge in [-0.1, -0.05) is 31.9 Å². The zero-order valence-corrected chi connectivity index (χ0v) is 12.0. The summed E-state index contributed by atoms with van der Waals surface area (Å²) in [5, 5.41) is 0. The van der Waals surface area contributed by atoms with Gasteiger partial charge in [-0.25, -0.2) is 0 Å². The highest BCUT2D eigenvalue weighted by molar-refractivity contribution is 5.27. The Kier molecular flexibility index (Phi) is 4.83. The van der Waals surface area contributed by atoms with Crippen molar-refractivity contribution >= 4 is 0 Å². The average Bonchev–Trinajstić information content (AvgIpc) is 2.45. The topological polar surface area (TPSA) is 44.5 Å². The molecule has 0 heterocycles. The fourth-order valence-corrected chi connectivity index (χ4v) is 2.99. The minimum absolute atomic E-state index is 0.124. The Bertz CT molecular complexity index is 407. The monoisotopic (exact) mass is 263 g/mol. The maximum atomic E-state index is 6.20. The molecule has 1 aliphatic rings. The van der Waals surface area contributed by atoms with E-state index in [1.807, 2.05) is 18.2 Å². The molecule has 3 nitrogen and oxygen atoms in total. The summed E-state index contributed by atoms with van der Waals surface area (Å²) < 4.78 is 11.4. The lowest BCUT2D eigenvalue weighted by atomic mass is 9.79. The van der Waals surface area contributed by atoms with Crippen LogP contribution >= 0.6 is 0 Å². The molecule has 19 heavy (non-hydrogen) atoms. The number of hydrogen-bond donors (Lipinski definition) is 1. The molecule has 2 unspecified atom stereocenters. The van der Waals surface area contributed by atoms with Crippen molar-refractivity contribution < 1.29 is 9.47 Å². The fraction of sp³-hybridized carbons (Fsp3) is 0.625. The van der Waals surface area contributed by atoms with Crippen LogP contribution < -0.4 is 10.5 Å². The molecule has 0 aliphatic heterocycles. The summed E-state index contributed by atoms with van der Waals surface area (Å²) in [6.45, 7) is 3.51. The van der Waals surface area contributed by atoms with Gasteiger partial charge in [0, 0.05) is 6.54 Å². The number of benzene rings is 1. The predicted octanol–water partition coefficient (Wildman–Crippen LogP) is 3.12. The second-order valence-electron chi connectivity index (χ2n) is 5.73. The summed E-state index contributed by atoms with van der Waals surface area (Å²) in [5.74, 6) is 1.59. The SMILES string of the molecule is COc1cccc(COC2(CN)CCCC(C)C2)c1. The Labute approximate surface area is 116 Å². The molecular formula is C16H25NO2. The number of methoxy groups -OCH3 is 1. The molecule has 2 rings (SSSR count). The van der Waals surface area contributed by atoms with Crippen molar-refractivity contribution in [3.8, 4) is 5.75 Å².